The molecule has 3 rings (SSSR count). The number of ether oxygens (including phenoxy) is 2. The summed E-state index contributed by atoms with van der Waals surface area (Å²) in [5.41, 5.74) is 1.24. The van der Waals surface area contributed by atoms with Crippen LogP contribution in [0.5, 0.6) is 11.5 Å². The Morgan fingerprint density at radius 3 is 2.28 bits per heavy atom. The second-order valence-electron chi connectivity index (χ2n) is 6.95. The zero-order valence-electron chi connectivity index (χ0n) is 16.9. The van der Waals surface area contributed by atoms with Crippen molar-refractivity contribution in [2.24, 2.45) is 0 Å². The third-order valence-electron chi connectivity index (χ3n) is 5.00. The molecule has 0 saturated carbocycles. The lowest BCUT2D eigenvalue weighted by atomic mass is 10.2. The van der Waals surface area contributed by atoms with Gasteiger partial charge in [-0.1, -0.05) is 17.7 Å². The first-order chi connectivity index (χ1) is 13.9. The van der Waals surface area contributed by atoms with Crippen molar-refractivity contribution >= 4 is 21.6 Å². The molecule has 2 aromatic carbocycles. The number of amides is 1. The minimum absolute atomic E-state index is 0.121. The Morgan fingerprint density at radius 1 is 1.03 bits per heavy atom. The second kappa shape index (κ2) is 8.73. The van der Waals surface area contributed by atoms with Crippen molar-refractivity contribution in [3.63, 3.8) is 0 Å². The van der Waals surface area contributed by atoms with Gasteiger partial charge in [-0.3, -0.25) is 9.10 Å². The molecule has 1 aliphatic heterocycles. The van der Waals surface area contributed by atoms with E-state index in [2.05, 4.69) is 0 Å². The molecule has 0 aromatic heterocycles. The van der Waals surface area contributed by atoms with Gasteiger partial charge in [0.2, 0.25) is 5.91 Å². The van der Waals surface area contributed by atoms with Crippen molar-refractivity contribution in [2.75, 3.05) is 38.2 Å². The maximum absolute atomic E-state index is 13.5. The Labute approximate surface area is 171 Å². The molecule has 29 heavy (non-hydrogen) atoms. The minimum atomic E-state index is -3.98. The summed E-state index contributed by atoms with van der Waals surface area (Å²) in [6.07, 6.45) is 1.87. The van der Waals surface area contributed by atoms with Crippen LogP contribution in [-0.2, 0) is 14.8 Å². The highest BCUT2D eigenvalue weighted by molar-refractivity contribution is 7.92. The molecule has 0 radical (unpaired) electrons. The van der Waals surface area contributed by atoms with E-state index < -0.39 is 10.0 Å². The summed E-state index contributed by atoms with van der Waals surface area (Å²) in [5, 5.41) is 0. The Bertz CT molecular complexity index is 967. The van der Waals surface area contributed by atoms with E-state index in [0.29, 0.717) is 30.3 Å². The maximum Gasteiger partial charge on any atom is 0.264 e. The number of likely N-dealkylation sites (tertiary alicyclic amines) is 1. The molecule has 0 atom stereocenters. The van der Waals surface area contributed by atoms with Crippen LogP contribution in [-0.4, -0.2) is 53.1 Å². The summed E-state index contributed by atoms with van der Waals surface area (Å²) in [6.45, 7) is 2.89. The fourth-order valence-corrected chi connectivity index (χ4v) is 4.74. The standard InChI is InChI=1S/C21H26N2O5S/c1-16-6-9-18(10-7-16)29(25,26)23(15-21(24)22-12-4-5-13-22)19-11-8-17(27-2)14-20(19)28-3/h6-11,14H,4-5,12-13,15H2,1-3H3. The number of anilines is 1. The number of carbonyl (C=O) groups is 1. The van der Waals surface area contributed by atoms with Crippen LogP contribution in [0.3, 0.4) is 0 Å². The van der Waals surface area contributed by atoms with Crippen molar-refractivity contribution in [2.45, 2.75) is 24.7 Å². The number of nitrogens with zero attached hydrogens (tertiary/aromatic N) is 2. The molecule has 1 fully saturated rings. The molecule has 1 amide bonds. The van der Waals surface area contributed by atoms with E-state index in [0.717, 1.165) is 22.7 Å². The number of aryl methyl sites for hydroxylation is 1. The topological polar surface area (TPSA) is 76.2 Å². The van der Waals surface area contributed by atoms with Gasteiger partial charge >= 0.3 is 0 Å². The molecule has 1 heterocycles. The average Bonchev–Trinajstić information content (AvgIpc) is 3.26. The van der Waals surface area contributed by atoms with Gasteiger partial charge in [0.05, 0.1) is 24.8 Å². The third kappa shape index (κ3) is 4.48. The Morgan fingerprint density at radius 2 is 1.69 bits per heavy atom. The van der Waals surface area contributed by atoms with Crippen LogP contribution >= 0.6 is 0 Å². The van der Waals surface area contributed by atoms with Crippen molar-refractivity contribution < 1.29 is 22.7 Å². The van der Waals surface area contributed by atoms with Crippen LogP contribution < -0.4 is 13.8 Å². The maximum atomic E-state index is 13.5. The summed E-state index contributed by atoms with van der Waals surface area (Å²) < 4.78 is 38.7. The van der Waals surface area contributed by atoms with Crippen molar-refractivity contribution in [1.82, 2.24) is 4.90 Å². The number of benzene rings is 2. The van der Waals surface area contributed by atoms with Crippen LogP contribution in [0.25, 0.3) is 0 Å². The molecule has 8 heteroatoms. The number of methoxy groups -OCH3 is 2. The minimum Gasteiger partial charge on any atom is -0.497 e. The first-order valence-electron chi connectivity index (χ1n) is 9.46. The molecule has 156 valence electrons. The first kappa shape index (κ1) is 21.0. The highest BCUT2D eigenvalue weighted by Gasteiger charge is 2.31. The van der Waals surface area contributed by atoms with Crippen LogP contribution in [0.4, 0.5) is 5.69 Å². The molecule has 0 spiro atoms. The van der Waals surface area contributed by atoms with Gasteiger partial charge in [-0.25, -0.2) is 8.42 Å². The van der Waals surface area contributed by atoms with Crippen LogP contribution in [0.15, 0.2) is 47.4 Å². The predicted octanol–water partition coefficient (Wildman–Crippen LogP) is 2.83. The van der Waals surface area contributed by atoms with E-state index in [1.54, 1.807) is 47.4 Å². The fourth-order valence-electron chi connectivity index (χ4n) is 3.32. The normalized spacial score (nSPS) is 14.0. The summed E-state index contributed by atoms with van der Waals surface area (Å²) in [7, 11) is -1.01. The number of sulfonamides is 1. The molecular formula is C21H26N2O5S. The van der Waals surface area contributed by atoms with Crippen LogP contribution in [0.1, 0.15) is 18.4 Å². The quantitative estimate of drug-likeness (QED) is 0.691. The van der Waals surface area contributed by atoms with Gasteiger partial charge in [0.25, 0.3) is 10.0 Å². The Kier molecular flexibility index (Phi) is 6.32. The molecule has 2 aromatic rings. The van der Waals surface area contributed by atoms with Crippen LogP contribution in [0, 0.1) is 6.92 Å². The monoisotopic (exact) mass is 418 g/mol. The highest BCUT2D eigenvalue weighted by atomic mass is 32.2. The van der Waals surface area contributed by atoms with Gasteiger partial charge < -0.3 is 14.4 Å². The Balaban J connectivity index is 2.06. The lowest BCUT2D eigenvalue weighted by molar-refractivity contribution is -0.128. The predicted molar refractivity (Wildman–Crippen MR) is 111 cm³/mol. The van der Waals surface area contributed by atoms with E-state index in [1.807, 2.05) is 6.92 Å². The lowest BCUT2D eigenvalue weighted by Gasteiger charge is -2.27. The van der Waals surface area contributed by atoms with Gasteiger partial charge in [0.15, 0.2) is 0 Å². The molecule has 0 unspecified atom stereocenters. The third-order valence-corrected chi connectivity index (χ3v) is 6.78. The zero-order valence-corrected chi connectivity index (χ0v) is 17.7. The summed E-state index contributed by atoms with van der Waals surface area (Å²) >= 11 is 0. The summed E-state index contributed by atoms with van der Waals surface area (Å²) in [5.74, 6) is 0.620. The van der Waals surface area contributed by atoms with Gasteiger partial charge in [-0.05, 0) is 44.0 Å². The van der Waals surface area contributed by atoms with Crippen LogP contribution in [0.2, 0.25) is 0 Å². The zero-order chi connectivity index (χ0) is 21.0. The highest BCUT2D eigenvalue weighted by Crippen LogP contribution is 2.35. The number of hydrogen-bond donors (Lipinski definition) is 0. The van der Waals surface area contributed by atoms with Gasteiger partial charge in [-0.2, -0.15) is 0 Å². The summed E-state index contributed by atoms with van der Waals surface area (Å²) in [6, 6.07) is 11.4. The summed E-state index contributed by atoms with van der Waals surface area (Å²) in [4.78, 5) is 14.7. The van der Waals surface area contributed by atoms with E-state index in [9.17, 15) is 13.2 Å². The largest absolute Gasteiger partial charge is 0.497 e. The molecule has 0 N–H and O–H groups in total. The number of carbonyl (C=O) groups excluding carboxylic acids is 1. The van der Waals surface area contributed by atoms with E-state index in [-0.39, 0.29) is 17.3 Å². The lowest BCUT2D eigenvalue weighted by Crippen LogP contribution is -2.42. The molecule has 0 aliphatic carbocycles. The number of hydrogen-bond acceptors (Lipinski definition) is 5. The van der Waals surface area contributed by atoms with Gasteiger partial charge in [-0.15, -0.1) is 0 Å². The average molecular weight is 419 g/mol. The molecule has 0 bridgehead atoms. The SMILES string of the molecule is COc1ccc(N(CC(=O)N2CCCC2)S(=O)(=O)c2ccc(C)cc2)c(OC)c1. The number of rotatable bonds is 7. The molecular weight excluding hydrogens is 392 g/mol. The molecule has 7 nitrogen and oxygen atoms in total. The van der Waals surface area contributed by atoms with Crippen molar-refractivity contribution in [3.8, 4) is 11.5 Å². The molecule has 1 aliphatic rings. The smallest absolute Gasteiger partial charge is 0.264 e. The Hall–Kier alpha value is -2.74. The fraction of sp³-hybridized carbons (Fsp3) is 0.381. The van der Waals surface area contributed by atoms with Crippen molar-refractivity contribution in [1.29, 1.82) is 0 Å². The van der Waals surface area contributed by atoms with Gasteiger partial charge in [0, 0.05) is 19.2 Å². The molecule has 1 saturated heterocycles. The van der Waals surface area contributed by atoms with E-state index in [1.165, 1.54) is 14.2 Å². The van der Waals surface area contributed by atoms with Crippen molar-refractivity contribution in [3.05, 3.63) is 48.0 Å². The first-order valence-corrected chi connectivity index (χ1v) is 10.9. The van der Waals surface area contributed by atoms with E-state index in [4.69, 9.17) is 9.47 Å². The second-order valence-corrected chi connectivity index (χ2v) is 8.81. The van der Waals surface area contributed by atoms with E-state index >= 15 is 0 Å². The van der Waals surface area contributed by atoms with Gasteiger partial charge in [0.1, 0.15) is 18.0 Å².